The Kier molecular flexibility index (Phi) is 5.38. The highest BCUT2D eigenvalue weighted by atomic mass is 15.2. The van der Waals surface area contributed by atoms with Gasteiger partial charge in [0.2, 0.25) is 11.9 Å². The molecule has 0 bridgehead atoms. The fourth-order valence-corrected chi connectivity index (χ4v) is 2.65. The number of nitrogens with one attached hydrogen (secondary N) is 1. The molecule has 3 aromatic rings. The van der Waals surface area contributed by atoms with Crippen molar-refractivity contribution in [1.29, 1.82) is 0 Å². The van der Waals surface area contributed by atoms with Gasteiger partial charge in [-0.3, -0.25) is 9.88 Å². The van der Waals surface area contributed by atoms with E-state index in [1.165, 1.54) is 0 Å². The number of anilines is 3. The van der Waals surface area contributed by atoms with Gasteiger partial charge in [0.1, 0.15) is 5.82 Å². The van der Waals surface area contributed by atoms with Gasteiger partial charge >= 0.3 is 0 Å². The van der Waals surface area contributed by atoms with Crippen molar-refractivity contribution < 1.29 is 0 Å². The number of benzene rings is 1. The summed E-state index contributed by atoms with van der Waals surface area (Å²) < 4.78 is 0. The van der Waals surface area contributed by atoms with Gasteiger partial charge in [0.05, 0.1) is 6.54 Å². The first-order valence-electron chi connectivity index (χ1n) is 8.45. The van der Waals surface area contributed by atoms with E-state index in [9.17, 15) is 0 Å². The molecular weight excluding hydrogens is 326 g/mol. The molecule has 7 heteroatoms. The fraction of sp³-hybridized carbons (Fsp3) is 0.263. The van der Waals surface area contributed by atoms with E-state index in [-0.39, 0.29) is 12.0 Å². The van der Waals surface area contributed by atoms with Crippen molar-refractivity contribution in [3.05, 3.63) is 65.7 Å². The summed E-state index contributed by atoms with van der Waals surface area (Å²) in [5, 5.41) is 3.19. The molecule has 134 valence electrons. The summed E-state index contributed by atoms with van der Waals surface area (Å²) >= 11 is 0. The molecule has 0 amide bonds. The van der Waals surface area contributed by atoms with Crippen LogP contribution in [0.2, 0.25) is 0 Å². The number of nitrogens with zero attached hydrogens (tertiary/aromatic N) is 5. The van der Waals surface area contributed by atoms with Crippen LogP contribution in [-0.4, -0.2) is 31.9 Å². The number of hydrogen-bond donors (Lipinski definition) is 2. The molecule has 2 aromatic heterocycles. The van der Waals surface area contributed by atoms with Crippen LogP contribution in [0.1, 0.15) is 29.9 Å². The van der Waals surface area contributed by atoms with Crippen LogP contribution in [-0.2, 0) is 6.54 Å². The first-order valence-corrected chi connectivity index (χ1v) is 8.45. The predicted molar refractivity (Wildman–Crippen MR) is 103 cm³/mol. The van der Waals surface area contributed by atoms with Crippen LogP contribution in [0.15, 0.2) is 48.8 Å². The fourth-order valence-electron chi connectivity index (χ4n) is 2.65. The van der Waals surface area contributed by atoms with Crippen molar-refractivity contribution in [2.75, 3.05) is 18.1 Å². The molecule has 0 saturated carbocycles. The third-order valence-corrected chi connectivity index (χ3v) is 4.19. The standard InChI is InChI=1S/C19H23N7/c1-13-6-4-8-16(10-13)22-19-24-17(23-18(20)25-19)12-26(3)14(2)15-7-5-9-21-11-15/h4-11,14H,12H2,1-3H3,(H3,20,22,23,24,25). The van der Waals surface area contributed by atoms with Crippen LogP contribution >= 0.6 is 0 Å². The Balaban J connectivity index is 1.75. The maximum Gasteiger partial charge on any atom is 0.232 e. The normalized spacial score (nSPS) is 12.2. The van der Waals surface area contributed by atoms with E-state index in [4.69, 9.17) is 5.73 Å². The minimum atomic E-state index is 0.176. The molecular formula is C19H23N7. The summed E-state index contributed by atoms with van der Waals surface area (Å²) in [4.78, 5) is 19.3. The molecule has 0 aliphatic rings. The van der Waals surface area contributed by atoms with Gasteiger partial charge in [0.25, 0.3) is 0 Å². The summed E-state index contributed by atoms with van der Waals surface area (Å²) in [5.41, 5.74) is 9.08. The second-order valence-corrected chi connectivity index (χ2v) is 6.31. The van der Waals surface area contributed by atoms with E-state index >= 15 is 0 Å². The van der Waals surface area contributed by atoms with Crippen LogP contribution < -0.4 is 11.1 Å². The highest BCUT2D eigenvalue weighted by molar-refractivity contribution is 5.54. The van der Waals surface area contributed by atoms with Gasteiger partial charge in [-0.2, -0.15) is 15.0 Å². The van der Waals surface area contributed by atoms with Crippen LogP contribution in [0.3, 0.4) is 0 Å². The van der Waals surface area contributed by atoms with Gasteiger partial charge < -0.3 is 11.1 Å². The van der Waals surface area contributed by atoms with Crippen molar-refractivity contribution in [2.45, 2.75) is 26.4 Å². The Morgan fingerprint density at radius 2 is 2.00 bits per heavy atom. The average Bonchev–Trinajstić information content (AvgIpc) is 2.61. The lowest BCUT2D eigenvalue weighted by Gasteiger charge is -2.24. The Morgan fingerprint density at radius 3 is 2.73 bits per heavy atom. The summed E-state index contributed by atoms with van der Waals surface area (Å²) in [6.07, 6.45) is 3.64. The van der Waals surface area contributed by atoms with E-state index in [0.29, 0.717) is 18.3 Å². The van der Waals surface area contributed by atoms with Gasteiger partial charge in [-0.05, 0) is 50.2 Å². The van der Waals surface area contributed by atoms with Gasteiger partial charge in [0.15, 0.2) is 0 Å². The average molecular weight is 349 g/mol. The Bertz CT molecular complexity index is 867. The maximum atomic E-state index is 5.88. The quantitative estimate of drug-likeness (QED) is 0.706. The molecule has 0 aliphatic heterocycles. The summed E-state index contributed by atoms with van der Waals surface area (Å²) in [6, 6.07) is 12.2. The molecule has 26 heavy (non-hydrogen) atoms. The Morgan fingerprint density at radius 1 is 1.15 bits per heavy atom. The molecule has 1 unspecified atom stereocenters. The number of aromatic nitrogens is 4. The highest BCUT2D eigenvalue weighted by Crippen LogP contribution is 2.20. The minimum Gasteiger partial charge on any atom is -0.368 e. The Hall–Kier alpha value is -3.06. The molecule has 3 N–H and O–H groups in total. The lowest BCUT2D eigenvalue weighted by Crippen LogP contribution is -2.24. The Labute approximate surface area is 153 Å². The maximum absolute atomic E-state index is 5.88. The molecule has 2 heterocycles. The topological polar surface area (TPSA) is 92.8 Å². The van der Waals surface area contributed by atoms with E-state index in [1.54, 1.807) is 6.20 Å². The van der Waals surface area contributed by atoms with E-state index < -0.39 is 0 Å². The van der Waals surface area contributed by atoms with Crippen molar-refractivity contribution in [1.82, 2.24) is 24.8 Å². The molecule has 1 atom stereocenters. The van der Waals surface area contributed by atoms with Crippen molar-refractivity contribution in [3.8, 4) is 0 Å². The molecule has 0 spiro atoms. The summed E-state index contributed by atoms with van der Waals surface area (Å²) in [7, 11) is 2.02. The van der Waals surface area contributed by atoms with Gasteiger partial charge in [-0.1, -0.05) is 18.2 Å². The number of aryl methyl sites for hydroxylation is 1. The third-order valence-electron chi connectivity index (χ3n) is 4.19. The van der Waals surface area contributed by atoms with Gasteiger partial charge in [0, 0.05) is 24.1 Å². The van der Waals surface area contributed by atoms with Crippen molar-refractivity contribution >= 4 is 17.6 Å². The zero-order valence-corrected chi connectivity index (χ0v) is 15.2. The summed E-state index contributed by atoms with van der Waals surface area (Å²) in [5.74, 6) is 1.26. The smallest absolute Gasteiger partial charge is 0.232 e. The van der Waals surface area contributed by atoms with Crippen LogP contribution in [0.5, 0.6) is 0 Å². The predicted octanol–water partition coefficient (Wildman–Crippen LogP) is 3.09. The molecule has 7 nitrogen and oxygen atoms in total. The molecule has 1 aromatic carbocycles. The van der Waals surface area contributed by atoms with Crippen molar-refractivity contribution in [2.24, 2.45) is 0 Å². The van der Waals surface area contributed by atoms with Crippen LogP contribution in [0, 0.1) is 6.92 Å². The third kappa shape index (κ3) is 4.52. The molecule has 0 fully saturated rings. The molecule has 0 saturated heterocycles. The first-order chi connectivity index (χ1) is 12.5. The van der Waals surface area contributed by atoms with E-state index in [2.05, 4.69) is 43.1 Å². The number of nitrogen functional groups attached to an aromatic ring is 1. The monoisotopic (exact) mass is 349 g/mol. The van der Waals surface area contributed by atoms with Gasteiger partial charge in [-0.25, -0.2) is 0 Å². The number of hydrogen-bond acceptors (Lipinski definition) is 7. The zero-order chi connectivity index (χ0) is 18.5. The second-order valence-electron chi connectivity index (χ2n) is 6.31. The lowest BCUT2D eigenvalue weighted by atomic mass is 10.1. The molecule has 3 rings (SSSR count). The van der Waals surface area contributed by atoms with Crippen LogP contribution in [0.4, 0.5) is 17.6 Å². The largest absolute Gasteiger partial charge is 0.368 e. The second kappa shape index (κ2) is 7.88. The highest BCUT2D eigenvalue weighted by Gasteiger charge is 2.14. The number of pyridine rings is 1. The van der Waals surface area contributed by atoms with Gasteiger partial charge in [-0.15, -0.1) is 0 Å². The van der Waals surface area contributed by atoms with E-state index in [0.717, 1.165) is 16.8 Å². The summed E-state index contributed by atoms with van der Waals surface area (Å²) in [6.45, 7) is 4.70. The van der Waals surface area contributed by atoms with Crippen molar-refractivity contribution in [3.63, 3.8) is 0 Å². The molecule has 0 radical (unpaired) electrons. The number of nitrogens with two attached hydrogens (primary N) is 1. The number of rotatable bonds is 6. The first kappa shape index (κ1) is 17.8. The SMILES string of the molecule is Cc1cccc(Nc2nc(N)nc(CN(C)C(C)c3cccnc3)n2)c1. The van der Waals surface area contributed by atoms with Crippen LogP contribution in [0.25, 0.3) is 0 Å². The minimum absolute atomic E-state index is 0.176. The lowest BCUT2D eigenvalue weighted by molar-refractivity contribution is 0.246. The van der Waals surface area contributed by atoms with E-state index in [1.807, 2.05) is 50.5 Å². The zero-order valence-electron chi connectivity index (χ0n) is 15.2. The molecule has 0 aliphatic carbocycles.